The summed E-state index contributed by atoms with van der Waals surface area (Å²) in [4.78, 5) is 25.5. The molecule has 0 saturated carbocycles. The molecule has 0 aliphatic rings. The number of esters is 1. The van der Waals surface area contributed by atoms with Crippen LogP contribution < -0.4 is 4.74 Å². The second kappa shape index (κ2) is 10.7. The summed E-state index contributed by atoms with van der Waals surface area (Å²) in [5.41, 5.74) is 4.68. The van der Waals surface area contributed by atoms with Crippen molar-refractivity contribution in [1.29, 1.82) is 0 Å². The monoisotopic (exact) mass is 462 g/mol. The fraction of sp³-hybridized carbons (Fsp3) is 0.0968. The van der Waals surface area contributed by atoms with Crippen LogP contribution in [0.1, 0.15) is 51.0 Å². The van der Waals surface area contributed by atoms with Crippen molar-refractivity contribution >= 4 is 23.9 Å². The molecule has 0 radical (unpaired) electrons. The van der Waals surface area contributed by atoms with Crippen molar-refractivity contribution in [3.63, 3.8) is 0 Å². The zero-order valence-electron chi connectivity index (χ0n) is 19.6. The van der Waals surface area contributed by atoms with Gasteiger partial charge in [-0.25, -0.2) is 0 Å². The van der Waals surface area contributed by atoms with Crippen molar-refractivity contribution in [3.05, 3.63) is 130 Å². The summed E-state index contributed by atoms with van der Waals surface area (Å²) in [5, 5.41) is 9.73. The highest BCUT2D eigenvalue weighted by Gasteiger charge is 2.19. The maximum atomic E-state index is 12.8. The minimum atomic E-state index is -0.535. The summed E-state index contributed by atoms with van der Waals surface area (Å²) in [7, 11) is 0. The molecule has 0 amide bonds. The summed E-state index contributed by atoms with van der Waals surface area (Å²) in [5.74, 6) is -0.336. The van der Waals surface area contributed by atoms with Crippen molar-refractivity contribution < 1.29 is 19.4 Å². The Labute approximate surface area is 205 Å². The van der Waals surface area contributed by atoms with Crippen LogP contribution in [0.15, 0.2) is 97.1 Å². The number of ketones is 1. The molecule has 0 heterocycles. The molecular formula is C31H26O4. The van der Waals surface area contributed by atoms with E-state index in [1.807, 2.05) is 61.5 Å². The predicted octanol–water partition coefficient (Wildman–Crippen LogP) is 6.81. The molecule has 0 bridgehead atoms. The van der Waals surface area contributed by atoms with E-state index < -0.39 is 11.9 Å². The number of rotatable bonds is 7. The zero-order chi connectivity index (χ0) is 24.8. The number of phenolic OH excluding ortho intramolecular Hbond substituents is 1. The molecule has 0 aliphatic carbocycles. The number of hydrogen-bond acceptors (Lipinski definition) is 4. The molecule has 4 heteroatoms. The van der Waals surface area contributed by atoms with Crippen LogP contribution in [0.4, 0.5) is 0 Å². The van der Waals surface area contributed by atoms with Crippen LogP contribution in [0, 0.1) is 6.92 Å². The third-order valence-electron chi connectivity index (χ3n) is 5.69. The summed E-state index contributed by atoms with van der Waals surface area (Å²) < 4.78 is 5.58. The lowest BCUT2D eigenvalue weighted by molar-refractivity contribution is -0.135. The Morgan fingerprint density at radius 3 is 2.17 bits per heavy atom. The first-order chi connectivity index (χ1) is 16.9. The van der Waals surface area contributed by atoms with E-state index in [0.717, 1.165) is 22.3 Å². The number of phenols is 1. The van der Waals surface area contributed by atoms with Crippen molar-refractivity contribution in [1.82, 2.24) is 0 Å². The number of ether oxygens (including phenoxy) is 1. The first-order valence-corrected chi connectivity index (χ1v) is 11.4. The van der Waals surface area contributed by atoms with Crippen LogP contribution in [-0.4, -0.2) is 16.9 Å². The van der Waals surface area contributed by atoms with Crippen molar-refractivity contribution in [2.75, 3.05) is 0 Å². The van der Waals surface area contributed by atoms with Crippen LogP contribution in [0.25, 0.3) is 12.2 Å². The molecule has 4 aromatic carbocycles. The number of carbonyl (C=O) groups excluding carboxylic acids is 2. The highest BCUT2D eigenvalue weighted by molar-refractivity contribution is 6.09. The molecule has 4 nitrogen and oxygen atoms in total. The lowest BCUT2D eigenvalue weighted by Gasteiger charge is -2.13. The maximum Gasteiger partial charge on any atom is 0.318 e. The Balaban J connectivity index is 1.41. The number of aryl methyl sites for hydroxylation is 1. The van der Waals surface area contributed by atoms with Gasteiger partial charge in [0, 0.05) is 11.1 Å². The topological polar surface area (TPSA) is 63.6 Å². The van der Waals surface area contributed by atoms with Crippen LogP contribution in [0.5, 0.6) is 11.5 Å². The van der Waals surface area contributed by atoms with Gasteiger partial charge in [0.1, 0.15) is 11.5 Å². The van der Waals surface area contributed by atoms with E-state index in [1.54, 1.807) is 61.5 Å². The highest BCUT2D eigenvalue weighted by Crippen LogP contribution is 2.23. The van der Waals surface area contributed by atoms with Crippen molar-refractivity contribution in [3.8, 4) is 11.5 Å². The molecule has 1 atom stereocenters. The van der Waals surface area contributed by atoms with Crippen LogP contribution >= 0.6 is 0 Å². The van der Waals surface area contributed by atoms with Crippen LogP contribution in [-0.2, 0) is 4.79 Å². The first-order valence-electron chi connectivity index (χ1n) is 11.4. The number of carbonyl (C=O) groups is 2. The third kappa shape index (κ3) is 6.12. The SMILES string of the molecule is Cc1cc(O)cc(/C=C/c2ccc(OC(=O)C(C)c3cccc(C(=O)c4ccccc4)c3)cc2)c1. The van der Waals surface area contributed by atoms with Gasteiger partial charge in [0.2, 0.25) is 0 Å². The summed E-state index contributed by atoms with van der Waals surface area (Å²) in [6.07, 6.45) is 3.84. The fourth-order valence-electron chi connectivity index (χ4n) is 3.77. The molecule has 35 heavy (non-hydrogen) atoms. The number of hydrogen-bond donors (Lipinski definition) is 1. The van der Waals surface area contributed by atoms with Gasteiger partial charge >= 0.3 is 5.97 Å². The van der Waals surface area contributed by atoms with Gasteiger partial charge in [-0.15, -0.1) is 0 Å². The molecule has 0 saturated heterocycles. The highest BCUT2D eigenvalue weighted by atomic mass is 16.5. The molecule has 0 aliphatic heterocycles. The van der Waals surface area contributed by atoms with E-state index in [2.05, 4.69) is 0 Å². The van der Waals surface area contributed by atoms with Gasteiger partial charge in [-0.05, 0) is 66.4 Å². The molecule has 0 fully saturated rings. The smallest absolute Gasteiger partial charge is 0.318 e. The van der Waals surface area contributed by atoms with Crippen LogP contribution in [0.2, 0.25) is 0 Å². The normalized spacial score (nSPS) is 11.8. The minimum Gasteiger partial charge on any atom is -0.508 e. The van der Waals surface area contributed by atoms with E-state index in [1.165, 1.54) is 0 Å². The van der Waals surface area contributed by atoms with Gasteiger partial charge in [0.25, 0.3) is 0 Å². The summed E-state index contributed by atoms with van der Waals surface area (Å²) >= 11 is 0. The van der Waals surface area contributed by atoms with Gasteiger partial charge in [0.05, 0.1) is 5.92 Å². The number of aromatic hydroxyl groups is 1. The summed E-state index contributed by atoms with van der Waals surface area (Å²) in [6, 6.07) is 28.8. The van der Waals surface area contributed by atoms with Gasteiger partial charge in [-0.3, -0.25) is 9.59 Å². The average molecular weight is 463 g/mol. The first kappa shape index (κ1) is 23.7. The average Bonchev–Trinajstić information content (AvgIpc) is 2.87. The Morgan fingerprint density at radius 2 is 1.46 bits per heavy atom. The van der Waals surface area contributed by atoms with Gasteiger partial charge in [-0.1, -0.05) is 78.9 Å². The quantitative estimate of drug-likeness (QED) is 0.142. The standard InChI is InChI=1S/C31H26O4/c1-21-17-24(19-28(32)18-21)12-11-23-13-15-29(16-14-23)35-31(34)22(2)26-9-6-10-27(20-26)30(33)25-7-4-3-5-8-25/h3-20,22,32H,1-2H3/b12-11+. The fourth-order valence-corrected chi connectivity index (χ4v) is 3.77. The Kier molecular flexibility index (Phi) is 7.22. The second-order valence-electron chi connectivity index (χ2n) is 8.47. The molecule has 4 rings (SSSR count). The van der Waals surface area contributed by atoms with E-state index in [0.29, 0.717) is 16.9 Å². The minimum absolute atomic E-state index is 0.0856. The second-order valence-corrected chi connectivity index (χ2v) is 8.47. The van der Waals surface area contributed by atoms with Gasteiger partial charge < -0.3 is 9.84 Å². The molecule has 174 valence electrons. The van der Waals surface area contributed by atoms with Crippen molar-refractivity contribution in [2.24, 2.45) is 0 Å². The number of benzene rings is 4. The molecule has 4 aromatic rings. The van der Waals surface area contributed by atoms with E-state index in [-0.39, 0.29) is 11.5 Å². The third-order valence-corrected chi connectivity index (χ3v) is 5.69. The Hall–Kier alpha value is -4.44. The largest absolute Gasteiger partial charge is 0.508 e. The van der Waals surface area contributed by atoms with Gasteiger partial charge in [0.15, 0.2) is 5.78 Å². The van der Waals surface area contributed by atoms with E-state index in [4.69, 9.17) is 4.74 Å². The molecule has 0 aromatic heterocycles. The Bertz CT molecular complexity index is 1350. The molecular weight excluding hydrogens is 436 g/mol. The Morgan fingerprint density at radius 1 is 0.771 bits per heavy atom. The van der Waals surface area contributed by atoms with Crippen LogP contribution in [0.3, 0.4) is 0 Å². The lowest BCUT2D eigenvalue weighted by Crippen LogP contribution is -2.16. The maximum absolute atomic E-state index is 12.8. The predicted molar refractivity (Wildman–Crippen MR) is 139 cm³/mol. The molecule has 1 unspecified atom stereocenters. The zero-order valence-corrected chi connectivity index (χ0v) is 19.6. The molecule has 0 spiro atoms. The van der Waals surface area contributed by atoms with Crippen molar-refractivity contribution in [2.45, 2.75) is 19.8 Å². The van der Waals surface area contributed by atoms with E-state index in [9.17, 15) is 14.7 Å². The molecule has 1 N–H and O–H groups in total. The summed E-state index contributed by atoms with van der Waals surface area (Å²) in [6.45, 7) is 3.70. The lowest BCUT2D eigenvalue weighted by atomic mass is 9.96. The van der Waals surface area contributed by atoms with E-state index >= 15 is 0 Å². The van der Waals surface area contributed by atoms with Gasteiger partial charge in [-0.2, -0.15) is 0 Å².